The van der Waals surface area contributed by atoms with Crippen molar-refractivity contribution in [3.8, 4) is 5.69 Å². The third-order valence-electron chi connectivity index (χ3n) is 5.74. The second-order valence-corrected chi connectivity index (χ2v) is 8.53. The van der Waals surface area contributed by atoms with Crippen LogP contribution in [0.4, 0.5) is 10.2 Å². The monoisotopic (exact) mass is 443 g/mol. The highest BCUT2D eigenvalue weighted by molar-refractivity contribution is 5.92. The molecule has 7 nitrogen and oxygen atoms in total. The molecule has 2 amide bonds. The summed E-state index contributed by atoms with van der Waals surface area (Å²) < 4.78 is 14.8. The molecule has 174 valence electrons. The van der Waals surface area contributed by atoms with Crippen molar-refractivity contribution in [1.29, 1.82) is 0 Å². The minimum absolute atomic E-state index is 0.0743. The van der Waals surface area contributed by atoms with E-state index < -0.39 is 0 Å². The van der Waals surface area contributed by atoms with E-state index >= 15 is 0 Å². The van der Waals surface area contributed by atoms with Crippen molar-refractivity contribution in [3.63, 3.8) is 0 Å². The van der Waals surface area contributed by atoms with Crippen LogP contribution in [0.3, 0.4) is 0 Å². The second kappa shape index (κ2) is 11.8. The fourth-order valence-electron chi connectivity index (χ4n) is 4.07. The van der Waals surface area contributed by atoms with Gasteiger partial charge in [-0.25, -0.2) is 9.07 Å². The van der Waals surface area contributed by atoms with Crippen LogP contribution in [-0.4, -0.2) is 52.7 Å². The highest BCUT2D eigenvalue weighted by Gasteiger charge is 2.26. The van der Waals surface area contributed by atoms with Crippen molar-refractivity contribution in [3.05, 3.63) is 41.8 Å². The van der Waals surface area contributed by atoms with Gasteiger partial charge in [0.1, 0.15) is 11.6 Å². The summed E-state index contributed by atoms with van der Waals surface area (Å²) in [6.45, 7) is 6.33. The van der Waals surface area contributed by atoms with Crippen LogP contribution in [0.2, 0.25) is 0 Å². The van der Waals surface area contributed by atoms with E-state index in [2.05, 4.69) is 22.7 Å². The van der Waals surface area contributed by atoms with Crippen molar-refractivity contribution in [1.82, 2.24) is 20.0 Å². The molecule has 2 aromatic rings. The first-order valence-corrected chi connectivity index (χ1v) is 11.6. The van der Waals surface area contributed by atoms with E-state index in [0.717, 1.165) is 44.5 Å². The molecule has 1 aliphatic rings. The molecule has 0 spiro atoms. The lowest BCUT2D eigenvalue weighted by atomic mass is 9.97. The highest BCUT2D eigenvalue weighted by Crippen LogP contribution is 2.19. The molecular weight excluding hydrogens is 409 g/mol. The molecule has 0 radical (unpaired) electrons. The number of rotatable bonds is 10. The Morgan fingerprint density at radius 3 is 2.72 bits per heavy atom. The number of halogens is 1. The van der Waals surface area contributed by atoms with Crippen molar-refractivity contribution >= 4 is 17.6 Å². The van der Waals surface area contributed by atoms with Crippen molar-refractivity contribution < 1.29 is 14.0 Å². The van der Waals surface area contributed by atoms with Gasteiger partial charge in [-0.2, -0.15) is 5.10 Å². The lowest BCUT2D eigenvalue weighted by Gasteiger charge is -2.31. The molecule has 0 aliphatic carbocycles. The molecule has 0 bridgehead atoms. The second-order valence-electron chi connectivity index (χ2n) is 8.53. The molecule has 2 N–H and O–H groups in total. The van der Waals surface area contributed by atoms with Crippen molar-refractivity contribution in [2.45, 2.75) is 52.4 Å². The van der Waals surface area contributed by atoms with Gasteiger partial charge < -0.3 is 10.6 Å². The zero-order valence-electron chi connectivity index (χ0n) is 19.1. The standard InChI is InChI=1S/C24H34FN5O2/c1-3-4-5-6-13-26-24(32)19-8-7-14-29(16-19)17-23(31)27-22-15-18(2)28-30(22)21-11-9-20(25)10-12-21/h9-12,15,19H,3-8,13-14,16-17H2,1-2H3,(H,26,32)(H,27,31). The molecule has 1 fully saturated rings. The van der Waals surface area contributed by atoms with Gasteiger partial charge in [0, 0.05) is 19.2 Å². The minimum atomic E-state index is -0.326. The summed E-state index contributed by atoms with van der Waals surface area (Å²) >= 11 is 0. The molecule has 1 aromatic heterocycles. The van der Waals surface area contributed by atoms with Gasteiger partial charge in [0.05, 0.1) is 23.8 Å². The quantitative estimate of drug-likeness (QED) is 0.549. The Labute approximate surface area is 189 Å². The molecule has 2 heterocycles. The largest absolute Gasteiger partial charge is 0.356 e. The number of likely N-dealkylation sites (tertiary alicyclic amines) is 1. The van der Waals surface area contributed by atoms with Crippen LogP contribution in [0.15, 0.2) is 30.3 Å². The first-order valence-electron chi connectivity index (χ1n) is 11.6. The maximum absolute atomic E-state index is 13.3. The van der Waals surface area contributed by atoms with Crippen LogP contribution in [0.1, 0.15) is 51.1 Å². The number of aromatic nitrogens is 2. The lowest BCUT2D eigenvalue weighted by molar-refractivity contribution is -0.128. The Hall–Kier alpha value is -2.74. The van der Waals surface area contributed by atoms with E-state index in [1.807, 2.05) is 11.8 Å². The Balaban J connectivity index is 1.52. The van der Waals surface area contributed by atoms with Crippen LogP contribution in [-0.2, 0) is 9.59 Å². The van der Waals surface area contributed by atoms with Gasteiger partial charge in [-0.15, -0.1) is 0 Å². The Kier molecular flexibility index (Phi) is 8.79. The molecular formula is C24H34FN5O2. The first-order chi connectivity index (χ1) is 15.5. The number of anilines is 1. The van der Waals surface area contributed by atoms with Gasteiger partial charge >= 0.3 is 0 Å². The highest BCUT2D eigenvalue weighted by atomic mass is 19.1. The predicted octanol–water partition coefficient (Wildman–Crippen LogP) is 3.67. The van der Waals surface area contributed by atoms with Crippen LogP contribution < -0.4 is 10.6 Å². The third-order valence-corrected chi connectivity index (χ3v) is 5.74. The molecule has 32 heavy (non-hydrogen) atoms. The number of hydrogen-bond acceptors (Lipinski definition) is 4. The Bertz CT molecular complexity index is 896. The SMILES string of the molecule is CCCCCCNC(=O)C1CCCN(CC(=O)Nc2cc(C)nn2-c2ccc(F)cc2)C1. The summed E-state index contributed by atoms with van der Waals surface area (Å²) in [7, 11) is 0. The maximum atomic E-state index is 13.3. The molecule has 1 saturated heterocycles. The van der Waals surface area contributed by atoms with E-state index in [1.165, 1.54) is 25.0 Å². The number of piperidine rings is 1. The topological polar surface area (TPSA) is 79.3 Å². The molecule has 1 atom stereocenters. The minimum Gasteiger partial charge on any atom is -0.356 e. The number of benzene rings is 1. The Morgan fingerprint density at radius 1 is 1.19 bits per heavy atom. The smallest absolute Gasteiger partial charge is 0.239 e. The number of hydrogen-bond donors (Lipinski definition) is 2. The van der Waals surface area contributed by atoms with Crippen LogP contribution in [0.5, 0.6) is 0 Å². The number of aryl methyl sites for hydroxylation is 1. The number of unbranched alkanes of at least 4 members (excludes halogenated alkanes) is 3. The summed E-state index contributed by atoms with van der Waals surface area (Å²) in [4.78, 5) is 27.3. The van der Waals surface area contributed by atoms with E-state index in [4.69, 9.17) is 0 Å². The summed E-state index contributed by atoms with van der Waals surface area (Å²) in [5, 5.41) is 10.4. The van der Waals surface area contributed by atoms with E-state index in [9.17, 15) is 14.0 Å². The Morgan fingerprint density at radius 2 is 1.97 bits per heavy atom. The number of nitrogens with zero attached hydrogens (tertiary/aromatic N) is 3. The van der Waals surface area contributed by atoms with Gasteiger partial charge in [-0.05, 0) is 57.0 Å². The molecule has 1 unspecified atom stereocenters. The van der Waals surface area contributed by atoms with Gasteiger partial charge in [0.25, 0.3) is 0 Å². The summed E-state index contributed by atoms with van der Waals surface area (Å²) in [5.74, 6) is 0.0746. The molecule has 1 aromatic carbocycles. The van der Waals surface area contributed by atoms with Gasteiger partial charge in [-0.1, -0.05) is 26.2 Å². The molecule has 8 heteroatoms. The lowest BCUT2D eigenvalue weighted by Crippen LogP contribution is -2.45. The van der Waals surface area contributed by atoms with E-state index in [0.29, 0.717) is 18.1 Å². The number of carbonyl (C=O) groups excluding carboxylic acids is 2. The maximum Gasteiger partial charge on any atom is 0.239 e. The third kappa shape index (κ3) is 6.88. The molecule has 3 rings (SSSR count). The zero-order chi connectivity index (χ0) is 22.9. The number of carbonyl (C=O) groups is 2. The number of amides is 2. The summed E-state index contributed by atoms with van der Waals surface area (Å²) in [5.41, 5.74) is 1.42. The van der Waals surface area contributed by atoms with Crippen LogP contribution in [0.25, 0.3) is 5.69 Å². The fraction of sp³-hybridized carbons (Fsp3) is 0.542. The summed E-state index contributed by atoms with van der Waals surface area (Å²) in [6, 6.07) is 7.74. The van der Waals surface area contributed by atoms with Crippen LogP contribution in [0, 0.1) is 18.7 Å². The molecule has 1 aliphatic heterocycles. The summed E-state index contributed by atoms with van der Waals surface area (Å²) in [6.07, 6.45) is 6.28. The first kappa shape index (κ1) is 23.9. The zero-order valence-corrected chi connectivity index (χ0v) is 19.1. The fourth-order valence-corrected chi connectivity index (χ4v) is 4.07. The average Bonchev–Trinajstić information content (AvgIpc) is 3.13. The van der Waals surface area contributed by atoms with Gasteiger partial charge in [0.15, 0.2) is 0 Å². The van der Waals surface area contributed by atoms with Crippen molar-refractivity contribution in [2.75, 3.05) is 31.5 Å². The van der Waals surface area contributed by atoms with Crippen molar-refractivity contribution in [2.24, 2.45) is 5.92 Å². The van der Waals surface area contributed by atoms with E-state index in [1.54, 1.807) is 22.9 Å². The normalized spacial score (nSPS) is 16.7. The average molecular weight is 444 g/mol. The predicted molar refractivity (Wildman–Crippen MR) is 123 cm³/mol. The van der Waals surface area contributed by atoms with E-state index in [-0.39, 0.29) is 30.1 Å². The van der Waals surface area contributed by atoms with Gasteiger partial charge in [0.2, 0.25) is 11.8 Å². The number of nitrogens with one attached hydrogen (secondary N) is 2. The van der Waals surface area contributed by atoms with Crippen LogP contribution >= 0.6 is 0 Å². The molecule has 0 saturated carbocycles. The van der Waals surface area contributed by atoms with Gasteiger partial charge in [-0.3, -0.25) is 14.5 Å².